The number of hydrogen-bond acceptors (Lipinski definition) is 4. The third-order valence-electron chi connectivity index (χ3n) is 2.25. The number of nitrogens with one attached hydrogen (secondary N) is 1. The molecule has 1 atom stereocenters. The Balaban J connectivity index is 2.63. The predicted octanol–water partition coefficient (Wildman–Crippen LogP) is 2.27. The second kappa shape index (κ2) is 6.70. The van der Waals surface area contributed by atoms with Gasteiger partial charge in [0, 0.05) is 11.8 Å². The highest BCUT2D eigenvalue weighted by molar-refractivity contribution is 7.98. The third-order valence-corrected chi connectivity index (χ3v) is 3.19. The van der Waals surface area contributed by atoms with E-state index in [2.05, 4.69) is 23.5 Å². The fourth-order valence-electron chi connectivity index (χ4n) is 1.32. The van der Waals surface area contributed by atoms with E-state index in [9.17, 15) is 0 Å². The SMILES string of the molecule is CCC(CSC)Nc1ccc(C(N)=S)nc1. The van der Waals surface area contributed by atoms with Gasteiger partial charge in [0.25, 0.3) is 0 Å². The molecule has 1 heterocycles. The van der Waals surface area contributed by atoms with Gasteiger partial charge < -0.3 is 11.1 Å². The molecule has 0 aliphatic carbocycles. The topological polar surface area (TPSA) is 50.9 Å². The van der Waals surface area contributed by atoms with Crippen molar-refractivity contribution in [3.8, 4) is 0 Å². The van der Waals surface area contributed by atoms with E-state index in [0.717, 1.165) is 17.9 Å². The maximum atomic E-state index is 5.48. The first-order valence-corrected chi connectivity index (χ1v) is 6.99. The molecule has 0 bridgehead atoms. The quantitative estimate of drug-likeness (QED) is 0.764. The summed E-state index contributed by atoms with van der Waals surface area (Å²) in [6.45, 7) is 2.17. The summed E-state index contributed by atoms with van der Waals surface area (Å²) in [5.74, 6) is 1.09. The van der Waals surface area contributed by atoms with Crippen molar-refractivity contribution in [2.45, 2.75) is 19.4 Å². The molecule has 0 aliphatic rings. The summed E-state index contributed by atoms with van der Waals surface area (Å²) >= 11 is 6.69. The zero-order valence-electron chi connectivity index (χ0n) is 9.56. The van der Waals surface area contributed by atoms with Crippen LogP contribution in [0.5, 0.6) is 0 Å². The standard InChI is InChI=1S/C11H17N3S2/c1-3-8(7-16-2)14-9-4-5-10(11(12)15)13-6-9/h4-6,8,14H,3,7H2,1-2H3,(H2,12,15). The van der Waals surface area contributed by atoms with Crippen LogP contribution in [0.3, 0.4) is 0 Å². The van der Waals surface area contributed by atoms with Gasteiger partial charge in [-0.25, -0.2) is 0 Å². The molecule has 0 amide bonds. The van der Waals surface area contributed by atoms with Crippen LogP contribution in [0.4, 0.5) is 5.69 Å². The molecule has 3 N–H and O–H groups in total. The smallest absolute Gasteiger partial charge is 0.122 e. The molecule has 0 fully saturated rings. The molecule has 88 valence electrons. The Morgan fingerprint density at radius 2 is 2.38 bits per heavy atom. The first-order chi connectivity index (χ1) is 7.67. The third kappa shape index (κ3) is 3.98. The lowest BCUT2D eigenvalue weighted by Crippen LogP contribution is -2.21. The maximum absolute atomic E-state index is 5.48. The molecule has 0 radical (unpaired) electrons. The fraction of sp³-hybridized carbons (Fsp3) is 0.455. The molecule has 1 aromatic rings. The molecule has 3 nitrogen and oxygen atoms in total. The van der Waals surface area contributed by atoms with Gasteiger partial charge in [-0.2, -0.15) is 11.8 Å². The molecule has 0 spiro atoms. The molecule has 0 aromatic carbocycles. The Bertz CT molecular complexity index is 338. The van der Waals surface area contributed by atoms with Crippen LogP contribution >= 0.6 is 24.0 Å². The van der Waals surface area contributed by atoms with Gasteiger partial charge in [-0.15, -0.1) is 0 Å². The molecule has 16 heavy (non-hydrogen) atoms. The molecule has 5 heteroatoms. The van der Waals surface area contributed by atoms with E-state index in [1.807, 2.05) is 23.9 Å². The minimum absolute atomic E-state index is 0.336. The molecule has 1 aromatic heterocycles. The van der Waals surface area contributed by atoms with Crippen molar-refractivity contribution in [2.24, 2.45) is 5.73 Å². The number of pyridine rings is 1. The number of anilines is 1. The Hall–Kier alpha value is -0.810. The summed E-state index contributed by atoms with van der Waals surface area (Å²) < 4.78 is 0. The zero-order valence-corrected chi connectivity index (χ0v) is 11.2. The predicted molar refractivity (Wildman–Crippen MR) is 76.2 cm³/mol. The van der Waals surface area contributed by atoms with E-state index in [0.29, 0.717) is 16.7 Å². The summed E-state index contributed by atoms with van der Waals surface area (Å²) in [7, 11) is 0. The Morgan fingerprint density at radius 3 is 2.81 bits per heavy atom. The van der Waals surface area contributed by atoms with E-state index >= 15 is 0 Å². The van der Waals surface area contributed by atoms with Crippen molar-refractivity contribution in [3.05, 3.63) is 24.0 Å². The largest absolute Gasteiger partial charge is 0.388 e. The van der Waals surface area contributed by atoms with Crippen molar-refractivity contribution < 1.29 is 0 Å². The summed E-state index contributed by atoms with van der Waals surface area (Å²) in [5.41, 5.74) is 7.16. The number of thioether (sulfide) groups is 1. The highest BCUT2D eigenvalue weighted by Crippen LogP contribution is 2.11. The van der Waals surface area contributed by atoms with Crippen LogP contribution in [-0.2, 0) is 0 Å². The minimum Gasteiger partial charge on any atom is -0.388 e. The Kier molecular flexibility index (Phi) is 5.55. The molecular weight excluding hydrogens is 238 g/mol. The lowest BCUT2D eigenvalue weighted by atomic mass is 10.2. The Morgan fingerprint density at radius 1 is 1.62 bits per heavy atom. The molecular formula is C11H17N3S2. The van der Waals surface area contributed by atoms with Crippen LogP contribution in [0, 0.1) is 0 Å². The summed E-state index contributed by atoms with van der Waals surface area (Å²) in [5, 5.41) is 3.43. The van der Waals surface area contributed by atoms with E-state index in [-0.39, 0.29) is 0 Å². The lowest BCUT2D eigenvalue weighted by Gasteiger charge is -2.16. The Labute approximate surface area is 106 Å². The first kappa shape index (κ1) is 13.3. The highest BCUT2D eigenvalue weighted by atomic mass is 32.2. The second-order valence-corrected chi connectivity index (χ2v) is 4.85. The van der Waals surface area contributed by atoms with Gasteiger partial charge in [0.1, 0.15) is 4.99 Å². The van der Waals surface area contributed by atoms with Crippen LogP contribution < -0.4 is 11.1 Å². The highest BCUT2D eigenvalue weighted by Gasteiger charge is 2.05. The van der Waals surface area contributed by atoms with Crippen molar-refractivity contribution in [1.29, 1.82) is 0 Å². The van der Waals surface area contributed by atoms with Crippen molar-refractivity contribution in [2.75, 3.05) is 17.3 Å². The van der Waals surface area contributed by atoms with Gasteiger partial charge in [0.15, 0.2) is 0 Å². The number of hydrogen-bond donors (Lipinski definition) is 2. The van der Waals surface area contributed by atoms with Crippen LogP contribution in [0.2, 0.25) is 0 Å². The lowest BCUT2D eigenvalue weighted by molar-refractivity contribution is 0.774. The normalized spacial score (nSPS) is 12.1. The molecule has 0 aliphatic heterocycles. The van der Waals surface area contributed by atoms with Gasteiger partial charge in [-0.1, -0.05) is 19.1 Å². The van der Waals surface area contributed by atoms with Crippen LogP contribution in [0.15, 0.2) is 18.3 Å². The summed E-state index contributed by atoms with van der Waals surface area (Å²) in [6, 6.07) is 4.29. The number of thiocarbonyl (C=S) groups is 1. The van der Waals surface area contributed by atoms with Gasteiger partial charge in [-0.05, 0) is 24.8 Å². The van der Waals surface area contributed by atoms with Gasteiger partial charge in [-0.3, -0.25) is 4.98 Å². The molecule has 0 saturated carbocycles. The molecule has 0 saturated heterocycles. The number of nitrogens with zero attached hydrogens (tertiary/aromatic N) is 1. The summed E-state index contributed by atoms with van der Waals surface area (Å²) in [6.07, 6.45) is 4.98. The monoisotopic (exact) mass is 255 g/mol. The minimum atomic E-state index is 0.336. The van der Waals surface area contributed by atoms with E-state index in [1.54, 1.807) is 6.20 Å². The fourth-order valence-corrected chi connectivity index (χ4v) is 2.17. The van der Waals surface area contributed by atoms with Crippen molar-refractivity contribution in [3.63, 3.8) is 0 Å². The second-order valence-electron chi connectivity index (χ2n) is 3.50. The number of aromatic nitrogens is 1. The van der Waals surface area contributed by atoms with E-state index < -0.39 is 0 Å². The van der Waals surface area contributed by atoms with Crippen LogP contribution in [0.1, 0.15) is 19.0 Å². The van der Waals surface area contributed by atoms with E-state index in [4.69, 9.17) is 18.0 Å². The van der Waals surface area contributed by atoms with Crippen molar-refractivity contribution >= 4 is 34.7 Å². The van der Waals surface area contributed by atoms with Gasteiger partial charge in [0.2, 0.25) is 0 Å². The molecule has 1 rings (SSSR count). The summed E-state index contributed by atoms with van der Waals surface area (Å²) in [4.78, 5) is 4.53. The van der Waals surface area contributed by atoms with Crippen LogP contribution in [0.25, 0.3) is 0 Å². The number of nitrogens with two attached hydrogens (primary N) is 1. The maximum Gasteiger partial charge on any atom is 0.122 e. The zero-order chi connectivity index (χ0) is 12.0. The van der Waals surface area contributed by atoms with Gasteiger partial charge in [0.05, 0.1) is 17.6 Å². The average Bonchev–Trinajstić information content (AvgIpc) is 2.29. The van der Waals surface area contributed by atoms with Gasteiger partial charge >= 0.3 is 0 Å². The number of rotatable bonds is 6. The van der Waals surface area contributed by atoms with Crippen LogP contribution in [-0.4, -0.2) is 28.0 Å². The van der Waals surface area contributed by atoms with Crippen molar-refractivity contribution in [1.82, 2.24) is 4.98 Å². The first-order valence-electron chi connectivity index (χ1n) is 5.18. The molecule has 1 unspecified atom stereocenters. The average molecular weight is 255 g/mol. The van der Waals surface area contributed by atoms with E-state index in [1.165, 1.54) is 0 Å².